The Labute approximate surface area is 154 Å². The van der Waals surface area contributed by atoms with Gasteiger partial charge in [-0.1, -0.05) is 6.07 Å². The number of hydrogen-bond donors (Lipinski definition) is 1. The molecule has 1 N–H and O–H groups in total. The molecule has 26 heavy (non-hydrogen) atoms. The summed E-state index contributed by atoms with van der Waals surface area (Å²) in [6, 6.07) is 10.5. The van der Waals surface area contributed by atoms with Crippen molar-refractivity contribution in [2.24, 2.45) is 0 Å². The summed E-state index contributed by atoms with van der Waals surface area (Å²) in [6.45, 7) is 7.35. The van der Waals surface area contributed by atoms with Crippen molar-refractivity contribution < 1.29 is 18.9 Å². The molecule has 2 heterocycles. The highest BCUT2D eigenvalue weighted by molar-refractivity contribution is 5.53. The number of fused-ring (bicyclic) bond motifs is 2. The van der Waals surface area contributed by atoms with Gasteiger partial charge in [0, 0.05) is 6.54 Å². The Morgan fingerprint density at radius 2 is 1.69 bits per heavy atom. The lowest BCUT2D eigenvalue weighted by molar-refractivity contribution is 0.171. The normalized spacial score (nSPS) is 18.2. The van der Waals surface area contributed by atoms with Gasteiger partial charge >= 0.3 is 0 Å². The molecule has 1 atom stereocenters. The quantitative estimate of drug-likeness (QED) is 0.890. The first-order chi connectivity index (χ1) is 12.8. The van der Waals surface area contributed by atoms with Crippen LogP contribution in [0.3, 0.4) is 0 Å². The molecule has 5 heteroatoms. The van der Waals surface area contributed by atoms with Gasteiger partial charge in [-0.05, 0) is 61.2 Å². The van der Waals surface area contributed by atoms with Crippen molar-refractivity contribution in [1.29, 1.82) is 0 Å². The molecule has 0 saturated carbocycles. The fourth-order valence-corrected chi connectivity index (χ4v) is 3.64. The summed E-state index contributed by atoms with van der Waals surface area (Å²) in [5.74, 6) is 3.27. The molecule has 0 radical (unpaired) electrons. The zero-order chi connectivity index (χ0) is 17.9. The van der Waals surface area contributed by atoms with Gasteiger partial charge in [0.1, 0.15) is 13.2 Å². The standard InChI is InChI=1S/C21H25NO4/c1-3-23-19-11-14-7-8-22-21(16(14)13-20(19)24-4-2)15-5-6-17-18(12-15)26-10-9-25-17/h5-6,11-13,21-22H,3-4,7-10H2,1-2H3/t21-/m0/s1. The smallest absolute Gasteiger partial charge is 0.161 e. The van der Waals surface area contributed by atoms with Gasteiger partial charge in [-0.25, -0.2) is 0 Å². The van der Waals surface area contributed by atoms with E-state index in [2.05, 4.69) is 29.6 Å². The summed E-state index contributed by atoms with van der Waals surface area (Å²) in [7, 11) is 0. The Morgan fingerprint density at radius 1 is 0.962 bits per heavy atom. The molecule has 2 aliphatic rings. The van der Waals surface area contributed by atoms with Gasteiger partial charge in [-0.3, -0.25) is 0 Å². The van der Waals surface area contributed by atoms with E-state index in [1.54, 1.807) is 0 Å². The molecule has 0 aromatic heterocycles. The topological polar surface area (TPSA) is 49.0 Å². The molecular formula is C21H25NO4. The van der Waals surface area contributed by atoms with Crippen LogP contribution in [0.2, 0.25) is 0 Å². The molecule has 5 nitrogen and oxygen atoms in total. The van der Waals surface area contributed by atoms with E-state index in [0.29, 0.717) is 26.4 Å². The third-order valence-corrected chi connectivity index (χ3v) is 4.76. The van der Waals surface area contributed by atoms with Crippen LogP contribution in [0, 0.1) is 0 Å². The first-order valence-corrected chi connectivity index (χ1v) is 9.35. The van der Waals surface area contributed by atoms with Crippen molar-refractivity contribution >= 4 is 0 Å². The lowest BCUT2D eigenvalue weighted by Gasteiger charge is -2.29. The largest absolute Gasteiger partial charge is 0.490 e. The maximum absolute atomic E-state index is 5.83. The molecule has 0 aliphatic carbocycles. The maximum atomic E-state index is 5.83. The summed E-state index contributed by atoms with van der Waals surface area (Å²) < 4.78 is 23.0. The number of hydrogen-bond acceptors (Lipinski definition) is 5. The fraction of sp³-hybridized carbons (Fsp3) is 0.429. The maximum Gasteiger partial charge on any atom is 0.161 e. The Kier molecular flexibility index (Phi) is 4.89. The predicted octanol–water partition coefficient (Wildman–Crippen LogP) is 3.49. The van der Waals surface area contributed by atoms with E-state index in [1.165, 1.54) is 16.7 Å². The van der Waals surface area contributed by atoms with Crippen molar-refractivity contribution in [2.45, 2.75) is 26.3 Å². The molecule has 2 aliphatic heterocycles. The lowest BCUT2D eigenvalue weighted by Crippen LogP contribution is -2.31. The lowest BCUT2D eigenvalue weighted by atomic mass is 9.89. The van der Waals surface area contributed by atoms with Crippen LogP contribution >= 0.6 is 0 Å². The molecular weight excluding hydrogens is 330 g/mol. The number of benzene rings is 2. The Hall–Kier alpha value is -2.40. The molecule has 0 unspecified atom stereocenters. The predicted molar refractivity (Wildman–Crippen MR) is 99.8 cm³/mol. The van der Waals surface area contributed by atoms with Gasteiger partial charge in [0.15, 0.2) is 23.0 Å². The average Bonchev–Trinajstić information content (AvgIpc) is 2.68. The molecule has 0 amide bonds. The van der Waals surface area contributed by atoms with Crippen LogP contribution in [-0.4, -0.2) is 33.0 Å². The second kappa shape index (κ2) is 7.46. The summed E-state index contributed by atoms with van der Waals surface area (Å²) in [5, 5.41) is 3.63. The van der Waals surface area contributed by atoms with Crippen molar-refractivity contribution in [2.75, 3.05) is 33.0 Å². The summed E-state index contributed by atoms with van der Waals surface area (Å²) in [5.41, 5.74) is 3.71. The first-order valence-electron chi connectivity index (χ1n) is 9.35. The van der Waals surface area contributed by atoms with Crippen LogP contribution in [0.5, 0.6) is 23.0 Å². The van der Waals surface area contributed by atoms with E-state index < -0.39 is 0 Å². The molecule has 0 bridgehead atoms. The van der Waals surface area contributed by atoms with E-state index in [4.69, 9.17) is 18.9 Å². The number of rotatable bonds is 5. The van der Waals surface area contributed by atoms with E-state index >= 15 is 0 Å². The fourth-order valence-electron chi connectivity index (χ4n) is 3.64. The molecule has 0 spiro atoms. The van der Waals surface area contributed by atoms with Crippen LogP contribution in [-0.2, 0) is 6.42 Å². The Bertz CT molecular complexity index is 790. The van der Waals surface area contributed by atoms with Crippen molar-refractivity contribution in [3.05, 3.63) is 47.0 Å². The molecule has 138 valence electrons. The summed E-state index contributed by atoms with van der Waals surface area (Å²) in [4.78, 5) is 0. The van der Waals surface area contributed by atoms with Crippen LogP contribution in [0.4, 0.5) is 0 Å². The summed E-state index contributed by atoms with van der Waals surface area (Å²) >= 11 is 0. The van der Waals surface area contributed by atoms with Crippen molar-refractivity contribution in [3.63, 3.8) is 0 Å². The average molecular weight is 355 g/mol. The van der Waals surface area contributed by atoms with Gasteiger partial charge in [0.2, 0.25) is 0 Å². The van der Waals surface area contributed by atoms with Crippen LogP contribution in [0.25, 0.3) is 0 Å². The third kappa shape index (κ3) is 3.19. The molecule has 0 fully saturated rings. The minimum absolute atomic E-state index is 0.101. The zero-order valence-corrected chi connectivity index (χ0v) is 15.3. The molecule has 4 rings (SSSR count). The van der Waals surface area contributed by atoms with Crippen LogP contribution < -0.4 is 24.3 Å². The monoisotopic (exact) mass is 355 g/mol. The van der Waals surface area contributed by atoms with Crippen molar-refractivity contribution in [3.8, 4) is 23.0 Å². The highest BCUT2D eigenvalue weighted by Gasteiger charge is 2.25. The second-order valence-electron chi connectivity index (χ2n) is 6.40. The van der Waals surface area contributed by atoms with E-state index in [0.717, 1.165) is 36.0 Å². The van der Waals surface area contributed by atoms with E-state index in [1.807, 2.05) is 19.9 Å². The van der Waals surface area contributed by atoms with Gasteiger partial charge in [0.25, 0.3) is 0 Å². The highest BCUT2D eigenvalue weighted by Crippen LogP contribution is 2.40. The van der Waals surface area contributed by atoms with Gasteiger partial charge in [-0.15, -0.1) is 0 Å². The number of nitrogens with one attached hydrogen (secondary N) is 1. The highest BCUT2D eigenvalue weighted by atomic mass is 16.6. The second-order valence-corrected chi connectivity index (χ2v) is 6.40. The summed E-state index contributed by atoms with van der Waals surface area (Å²) in [6.07, 6.45) is 0.975. The van der Waals surface area contributed by atoms with Gasteiger partial charge in [0.05, 0.1) is 19.3 Å². The Morgan fingerprint density at radius 3 is 2.46 bits per heavy atom. The molecule has 2 aromatic carbocycles. The SMILES string of the molecule is CCOc1cc2c(cc1OCC)[C@H](c1ccc3c(c1)OCCO3)NCC2. The van der Waals surface area contributed by atoms with Crippen molar-refractivity contribution in [1.82, 2.24) is 5.32 Å². The van der Waals surface area contributed by atoms with E-state index in [9.17, 15) is 0 Å². The minimum atomic E-state index is 0.101. The van der Waals surface area contributed by atoms with Gasteiger partial charge in [-0.2, -0.15) is 0 Å². The van der Waals surface area contributed by atoms with Gasteiger partial charge < -0.3 is 24.3 Å². The van der Waals surface area contributed by atoms with Crippen LogP contribution in [0.15, 0.2) is 30.3 Å². The minimum Gasteiger partial charge on any atom is -0.490 e. The third-order valence-electron chi connectivity index (χ3n) is 4.76. The molecule has 0 saturated heterocycles. The first kappa shape index (κ1) is 17.0. The molecule has 2 aromatic rings. The van der Waals surface area contributed by atoms with E-state index in [-0.39, 0.29) is 6.04 Å². The van der Waals surface area contributed by atoms with Crippen LogP contribution in [0.1, 0.15) is 36.6 Å². The Balaban J connectivity index is 1.73. The zero-order valence-electron chi connectivity index (χ0n) is 15.3. The number of ether oxygens (including phenoxy) is 4.